The zero-order chi connectivity index (χ0) is 14.0. The second-order valence-corrected chi connectivity index (χ2v) is 4.62. The van der Waals surface area contributed by atoms with Crippen molar-refractivity contribution in [1.29, 1.82) is 0 Å². The standard InChI is InChI=1S/C10H9N5O3S/c1-5-6(3-2-4-7(5)15(17)18)8(16)12-10-14-13-9(11)19-10/h2-4H,1H3,(H2,11,13)(H,12,14,16). The molecule has 0 unspecified atom stereocenters. The molecule has 9 heteroatoms. The number of amides is 1. The summed E-state index contributed by atoms with van der Waals surface area (Å²) in [5.41, 5.74) is 5.79. The normalized spacial score (nSPS) is 10.2. The Kier molecular flexibility index (Phi) is 3.38. The Hall–Kier alpha value is -2.55. The predicted octanol–water partition coefficient (Wildman–Crippen LogP) is 1.59. The van der Waals surface area contributed by atoms with Crippen LogP contribution in [0.2, 0.25) is 0 Å². The van der Waals surface area contributed by atoms with Crippen molar-refractivity contribution in [1.82, 2.24) is 10.2 Å². The average molecular weight is 279 g/mol. The highest BCUT2D eigenvalue weighted by molar-refractivity contribution is 7.19. The van der Waals surface area contributed by atoms with Crippen LogP contribution < -0.4 is 11.1 Å². The van der Waals surface area contributed by atoms with E-state index in [9.17, 15) is 14.9 Å². The van der Waals surface area contributed by atoms with E-state index in [0.717, 1.165) is 11.3 Å². The van der Waals surface area contributed by atoms with E-state index in [1.807, 2.05) is 0 Å². The first kappa shape index (κ1) is 12.9. The molecule has 0 spiro atoms. The maximum absolute atomic E-state index is 12.0. The van der Waals surface area contributed by atoms with E-state index in [-0.39, 0.29) is 21.5 Å². The highest BCUT2D eigenvalue weighted by Crippen LogP contribution is 2.23. The number of hydrogen-bond donors (Lipinski definition) is 2. The van der Waals surface area contributed by atoms with Gasteiger partial charge in [-0.2, -0.15) is 0 Å². The summed E-state index contributed by atoms with van der Waals surface area (Å²) >= 11 is 1.02. The van der Waals surface area contributed by atoms with Gasteiger partial charge in [0.05, 0.1) is 4.92 Å². The molecule has 0 atom stereocenters. The smallest absolute Gasteiger partial charge is 0.273 e. The zero-order valence-electron chi connectivity index (χ0n) is 9.78. The van der Waals surface area contributed by atoms with Crippen molar-refractivity contribution in [3.05, 3.63) is 39.4 Å². The van der Waals surface area contributed by atoms with E-state index >= 15 is 0 Å². The lowest BCUT2D eigenvalue weighted by Gasteiger charge is -2.05. The molecule has 98 valence electrons. The Balaban J connectivity index is 2.29. The van der Waals surface area contributed by atoms with Gasteiger partial charge >= 0.3 is 0 Å². The summed E-state index contributed by atoms with van der Waals surface area (Å²) in [4.78, 5) is 22.2. The SMILES string of the molecule is Cc1c(C(=O)Nc2nnc(N)s2)cccc1[N+](=O)[O-]. The van der Waals surface area contributed by atoms with Gasteiger partial charge in [-0.15, -0.1) is 10.2 Å². The summed E-state index contributed by atoms with van der Waals surface area (Å²) in [6.07, 6.45) is 0. The van der Waals surface area contributed by atoms with Crippen molar-refractivity contribution in [2.24, 2.45) is 0 Å². The maximum Gasteiger partial charge on any atom is 0.273 e. The third kappa shape index (κ3) is 2.65. The third-order valence-corrected chi connectivity index (χ3v) is 3.08. The molecule has 19 heavy (non-hydrogen) atoms. The van der Waals surface area contributed by atoms with Crippen LogP contribution in [0, 0.1) is 17.0 Å². The van der Waals surface area contributed by atoms with Gasteiger partial charge in [0.2, 0.25) is 10.3 Å². The Morgan fingerprint density at radius 3 is 2.79 bits per heavy atom. The first-order valence-corrected chi connectivity index (χ1v) is 5.95. The van der Waals surface area contributed by atoms with Crippen LogP contribution in [0.25, 0.3) is 0 Å². The number of nitrogens with zero attached hydrogens (tertiary/aromatic N) is 3. The largest absolute Gasteiger partial charge is 0.374 e. The Bertz CT molecular complexity index is 654. The molecule has 0 aliphatic carbocycles. The molecule has 1 aromatic carbocycles. The van der Waals surface area contributed by atoms with Crippen LogP contribution in [0.1, 0.15) is 15.9 Å². The monoisotopic (exact) mass is 279 g/mol. The number of anilines is 2. The molecule has 0 saturated heterocycles. The fourth-order valence-electron chi connectivity index (χ4n) is 1.52. The maximum atomic E-state index is 12.0. The number of nitrogen functional groups attached to an aromatic ring is 1. The molecule has 0 radical (unpaired) electrons. The number of benzene rings is 1. The molecule has 0 aliphatic rings. The van der Waals surface area contributed by atoms with Gasteiger partial charge in [0.15, 0.2) is 0 Å². The number of carbonyl (C=O) groups is 1. The lowest BCUT2D eigenvalue weighted by Crippen LogP contribution is -2.14. The summed E-state index contributed by atoms with van der Waals surface area (Å²) in [5.74, 6) is -0.489. The van der Waals surface area contributed by atoms with E-state index in [1.54, 1.807) is 0 Å². The van der Waals surface area contributed by atoms with Gasteiger partial charge < -0.3 is 5.73 Å². The van der Waals surface area contributed by atoms with Crippen molar-refractivity contribution in [3.63, 3.8) is 0 Å². The molecule has 1 amide bonds. The highest BCUT2D eigenvalue weighted by Gasteiger charge is 2.18. The molecule has 1 heterocycles. The number of nitro groups is 1. The van der Waals surface area contributed by atoms with Gasteiger partial charge in [-0.05, 0) is 13.0 Å². The topological polar surface area (TPSA) is 124 Å². The van der Waals surface area contributed by atoms with Gasteiger partial charge in [-0.25, -0.2) is 0 Å². The minimum atomic E-state index is -0.533. The molecule has 2 aromatic rings. The first-order chi connectivity index (χ1) is 8.99. The average Bonchev–Trinajstić information content (AvgIpc) is 2.74. The fraction of sp³-hybridized carbons (Fsp3) is 0.100. The van der Waals surface area contributed by atoms with Gasteiger partial charge in [-0.3, -0.25) is 20.2 Å². The highest BCUT2D eigenvalue weighted by atomic mass is 32.1. The van der Waals surface area contributed by atoms with Crippen LogP contribution >= 0.6 is 11.3 Å². The summed E-state index contributed by atoms with van der Waals surface area (Å²) in [7, 11) is 0. The molecular weight excluding hydrogens is 270 g/mol. The number of rotatable bonds is 3. The van der Waals surface area contributed by atoms with Gasteiger partial charge in [-0.1, -0.05) is 17.4 Å². The molecular formula is C10H9N5O3S. The molecule has 1 aromatic heterocycles. The van der Waals surface area contributed by atoms with Crippen molar-refractivity contribution < 1.29 is 9.72 Å². The van der Waals surface area contributed by atoms with Crippen molar-refractivity contribution in [3.8, 4) is 0 Å². The van der Waals surface area contributed by atoms with Crippen LogP contribution in [-0.4, -0.2) is 21.0 Å². The van der Waals surface area contributed by atoms with Crippen LogP contribution in [0.5, 0.6) is 0 Å². The van der Waals surface area contributed by atoms with Gasteiger partial charge in [0.25, 0.3) is 11.6 Å². The van der Waals surface area contributed by atoms with E-state index < -0.39 is 10.8 Å². The van der Waals surface area contributed by atoms with E-state index in [2.05, 4.69) is 15.5 Å². The van der Waals surface area contributed by atoms with Crippen molar-refractivity contribution in [2.45, 2.75) is 6.92 Å². The second kappa shape index (κ2) is 4.98. The lowest BCUT2D eigenvalue weighted by atomic mass is 10.1. The number of nitrogens with one attached hydrogen (secondary N) is 1. The number of nitro benzene ring substituents is 1. The van der Waals surface area contributed by atoms with Crippen molar-refractivity contribution in [2.75, 3.05) is 11.1 Å². The molecule has 8 nitrogen and oxygen atoms in total. The predicted molar refractivity (Wildman–Crippen MR) is 70.1 cm³/mol. The number of carbonyl (C=O) groups excluding carboxylic acids is 1. The quantitative estimate of drug-likeness (QED) is 0.649. The Morgan fingerprint density at radius 1 is 1.47 bits per heavy atom. The molecule has 0 fully saturated rings. The summed E-state index contributed by atoms with van der Waals surface area (Å²) in [5, 5.41) is 21.0. The summed E-state index contributed by atoms with van der Waals surface area (Å²) < 4.78 is 0. The summed E-state index contributed by atoms with van der Waals surface area (Å²) in [6, 6.07) is 4.30. The molecule has 3 N–H and O–H groups in total. The third-order valence-electron chi connectivity index (χ3n) is 2.41. The number of hydrogen-bond acceptors (Lipinski definition) is 7. The molecule has 0 aliphatic heterocycles. The minimum Gasteiger partial charge on any atom is -0.374 e. The second-order valence-electron chi connectivity index (χ2n) is 3.61. The van der Waals surface area contributed by atoms with Crippen molar-refractivity contribution >= 4 is 33.2 Å². The van der Waals surface area contributed by atoms with Crippen LogP contribution in [0.3, 0.4) is 0 Å². The van der Waals surface area contributed by atoms with Crippen LogP contribution in [0.4, 0.5) is 16.0 Å². The van der Waals surface area contributed by atoms with E-state index in [4.69, 9.17) is 5.73 Å². The number of nitrogens with two attached hydrogens (primary N) is 1. The molecule has 0 bridgehead atoms. The van der Waals surface area contributed by atoms with Crippen LogP contribution in [-0.2, 0) is 0 Å². The van der Waals surface area contributed by atoms with E-state index in [1.165, 1.54) is 25.1 Å². The summed E-state index contributed by atoms with van der Waals surface area (Å²) in [6.45, 7) is 1.52. The van der Waals surface area contributed by atoms with Gasteiger partial charge in [0, 0.05) is 17.2 Å². The van der Waals surface area contributed by atoms with Gasteiger partial charge in [0.1, 0.15) is 0 Å². The minimum absolute atomic E-state index is 0.107. The zero-order valence-corrected chi connectivity index (χ0v) is 10.6. The molecule has 2 rings (SSSR count). The fourth-order valence-corrected chi connectivity index (χ4v) is 2.02. The number of aromatic nitrogens is 2. The van der Waals surface area contributed by atoms with Crippen LogP contribution in [0.15, 0.2) is 18.2 Å². The first-order valence-electron chi connectivity index (χ1n) is 5.13. The Labute approximate surface area is 111 Å². The Morgan fingerprint density at radius 2 is 2.21 bits per heavy atom. The lowest BCUT2D eigenvalue weighted by molar-refractivity contribution is -0.385. The molecule has 0 saturated carbocycles. The van der Waals surface area contributed by atoms with E-state index in [0.29, 0.717) is 5.56 Å².